The Morgan fingerprint density at radius 2 is 0.324 bits per heavy atom. The number of fused-ring (bicyclic) bond motifs is 22. The van der Waals surface area contributed by atoms with E-state index in [9.17, 15) is 0 Å². The zero-order valence-electron chi connectivity index (χ0n) is 81.0. The minimum Gasteiger partial charge on any atom is -0.309 e. The highest BCUT2D eigenvalue weighted by Gasteiger charge is 2.28. The predicted molar refractivity (Wildman–Crippen MR) is 626 cm³/mol. The van der Waals surface area contributed by atoms with Crippen molar-refractivity contribution in [1.82, 2.24) is 27.4 Å². The van der Waals surface area contributed by atoms with Gasteiger partial charge in [-0.25, -0.2) is 0 Å². The Labute approximate surface area is 856 Å². The predicted octanol–water partition coefficient (Wildman–Crippen LogP) is 38.1. The van der Waals surface area contributed by atoms with E-state index >= 15 is 0 Å². The molecule has 0 saturated heterocycles. The van der Waals surface area contributed by atoms with Crippen molar-refractivity contribution in [3.63, 3.8) is 0 Å². The van der Waals surface area contributed by atoms with Gasteiger partial charge in [0.15, 0.2) is 0 Å². The fraction of sp³-hybridized carbons (Fsp3) is 0. The Hall–Kier alpha value is -19.7. The van der Waals surface area contributed by atoms with Crippen molar-refractivity contribution in [3.05, 3.63) is 570 Å². The second-order valence-electron chi connectivity index (χ2n) is 38.5. The SMILES string of the molecule is c1ccc(-c2cc(-c3ccccc3)cc(-n3c4ccccc4c4c3ccc3c5ccccc5n(-c5ccc(-c6ccccc6)c6ccccc56)c34)c2)cc1.c1ccc(-c2cc(-c3ccccc3)cc(-n3c4ccccc4c4c3ccc3c5ccccc5n(-c5ccccc5)c34)c2)cc1.c1ccc(-c2ccc(-n3c4ccccc4c4ccc5c(c6ccccc6n5-c5cc(-c6ccccc6)cc(-c6ccccc6)c5)c43)cc2)cc1. The van der Waals surface area contributed by atoms with Gasteiger partial charge in [-0.1, -0.05) is 431 Å². The van der Waals surface area contributed by atoms with Gasteiger partial charge in [-0.2, -0.15) is 0 Å². The molecule has 6 heterocycles. The van der Waals surface area contributed by atoms with Crippen LogP contribution < -0.4 is 0 Å². The number of nitrogens with zero attached hydrogens (tertiary/aromatic N) is 6. The third kappa shape index (κ3) is 14.7. The number of hydrogen-bond donors (Lipinski definition) is 0. The van der Waals surface area contributed by atoms with Crippen LogP contribution in [-0.4, -0.2) is 27.4 Å². The van der Waals surface area contributed by atoms with E-state index in [1.165, 1.54) is 242 Å². The van der Waals surface area contributed by atoms with Gasteiger partial charge < -0.3 is 27.4 Å². The molecule has 0 aliphatic heterocycles. The van der Waals surface area contributed by atoms with E-state index in [2.05, 4.69) is 598 Å². The first-order valence-corrected chi connectivity index (χ1v) is 50.9. The number of aromatic nitrogens is 6. The molecule has 24 aromatic carbocycles. The van der Waals surface area contributed by atoms with Crippen molar-refractivity contribution in [2.75, 3.05) is 0 Å². The molecule has 0 spiro atoms. The monoisotopic (exact) mass is 1880 g/mol. The first-order chi connectivity index (χ1) is 73.5. The summed E-state index contributed by atoms with van der Waals surface area (Å²) in [6, 6.07) is 207. The summed E-state index contributed by atoms with van der Waals surface area (Å²) in [6.45, 7) is 0. The molecule has 30 aromatic rings. The summed E-state index contributed by atoms with van der Waals surface area (Å²) in [5.74, 6) is 0. The molecule has 0 N–H and O–H groups in total. The Balaban J connectivity index is 0.000000108. The molecule has 6 aromatic heterocycles. The van der Waals surface area contributed by atoms with Gasteiger partial charge in [0.25, 0.3) is 0 Å². The van der Waals surface area contributed by atoms with Crippen LogP contribution in [0.25, 0.3) is 265 Å². The second kappa shape index (κ2) is 36.4. The smallest absolute Gasteiger partial charge is 0.0641 e. The molecule has 148 heavy (non-hydrogen) atoms. The molecule has 0 aliphatic rings. The Bertz CT molecular complexity index is 10200. The third-order valence-electron chi connectivity index (χ3n) is 30.1. The molecular weight excluding hydrogens is 1790 g/mol. The lowest BCUT2D eigenvalue weighted by molar-refractivity contribution is 1.17. The lowest BCUT2D eigenvalue weighted by Crippen LogP contribution is -1.98. The highest BCUT2D eigenvalue weighted by molar-refractivity contribution is 6.30. The number of benzene rings is 24. The third-order valence-corrected chi connectivity index (χ3v) is 30.1. The van der Waals surface area contributed by atoms with Crippen molar-refractivity contribution in [2.24, 2.45) is 0 Å². The van der Waals surface area contributed by atoms with Crippen molar-refractivity contribution >= 4 is 142 Å². The molecule has 6 heteroatoms. The summed E-state index contributed by atoms with van der Waals surface area (Å²) in [4.78, 5) is 0. The lowest BCUT2D eigenvalue weighted by Gasteiger charge is -2.16. The summed E-state index contributed by atoms with van der Waals surface area (Å²) in [5.41, 5.74) is 40.7. The van der Waals surface area contributed by atoms with E-state index in [4.69, 9.17) is 0 Å². The van der Waals surface area contributed by atoms with Crippen LogP contribution in [0.2, 0.25) is 0 Å². The highest BCUT2D eigenvalue weighted by Crippen LogP contribution is 2.50. The van der Waals surface area contributed by atoms with Gasteiger partial charge in [0.05, 0.1) is 71.9 Å². The van der Waals surface area contributed by atoms with Gasteiger partial charge in [0.2, 0.25) is 0 Å². The van der Waals surface area contributed by atoms with Crippen molar-refractivity contribution in [1.29, 1.82) is 0 Å². The van der Waals surface area contributed by atoms with E-state index in [0.717, 1.165) is 22.7 Å². The summed E-state index contributed by atoms with van der Waals surface area (Å²) in [5, 5.41) is 17.5. The lowest BCUT2D eigenvalue weighted by atomic mass is 9.97. The highest BCUT2D eigenvalue weighted by atomic mass is 15.0. The van der Waals surface area contributed by atoms with E-state index in [1.54, 1.807) is 0 Å². The van der Waals surface area contributed by atoms with E-state index in [0.29, 0.717) is 0 Å². The maximum atomic E-state index is 2.52. The average molecular weight is 1880 g/mol. The van der Waals surface area contributed by atoms with E-state index in [-0.39, 0.29) is 0 Å². The molecule has 0 aliphatic carbocycles. The van der Waals surface area contributed by atoms with Crippen molar-refractivity contribution < 1.29 is 0 Å². The Morgan fingerprint density at radius 1 is 0.101 bits per heavy atom. The summed E-state index contributed by atoms with van der Waals surface area (Å²) in [7, 11) is 0. The zero-order valence-corrected chi connectivity index (χ0v) is 81.0. The largest absolute Gasteiger partial charge is 0.309 e. The van der Waals surface area contributed by atoms with E-state index < -0.39 is 0 Å². The molecular formula is C142H94N6. The minimum absolute atomic E-state index is 1.14. The molecule has 0 bridgehead atoms. The molecule has 0 unspecified atom stereocenters. The first kappa shape index (κ1) is 86.2. The fourth-order valence-electron chi connectivity index (χ4n) is 23.5. The molecule has 0 radical (unpaired) electrons. The second-order valence-corrected chi connectivity index (χ2v) is 38.5. The molecule has 6 nitrogen and oxygen atoms in total. The fourth-order valence-corrected chi connectivity index (χ4v) is 23.5. The normalized spacial score (nSPS) is 11.6. The molecule has 0 fully saturated rings. The summed E-state index contributed by atoms with van der Waals surface area (Å²) < 4.78 is 14.8. The van der Waals surface area contributed by atoms with Crippen LogP contribution in [0, 0.1) is 0 Å². The zero-order chi connectivity index (χ0) is 97.6. The van der Waals surface area contributed by atoms with Gasteiger partial charge in [0.1, 0.15) is 0 Å². The Morgan fingerprint density at radius 3 is 0.635 bits per heavy atom. The van der Waals surface area contributed by atoms with Gasteiger partial charge in [-0.3, -0.25) is 0 Å². The molecule has 0 saturated carbocycles. The van der Waals surface area contributed by atoms with Gasteiger partial charge >= 0.3 is 0 Å². The number of para-hydroxylation sites is 7. The Kier molecular flexibility index (Phi) is 21.2. The molecule has 0 atom stereocenters. The van der Waals surface area contributed by atoms with Gasteiger partial charge in [-0.15, -0.1) is 0 Å². The van der Waals surface area contributed by atoms with Crippen LogP contribution in [0.3, 0.4) is 0 Å². The van der Waals surface area contributed by atoms with Crippen LogP contribution in [0.4, 0.5) is 0 Å². The van der Waals surface area contributed by atoms with Crippen LogP contribution in [-0.2, 0) is 0 Å². The maximum absolute atomic E-state index is 2.52. The maximum Gasteiger partial charge on any atom is 0.0641 e. The molecule has 0 amide bonds. The van der Waals surface area contributed by atoms with Crippen LogP contribution in [0.5, 0.6) is 0 Å². The van der Waals surface area contributed by atoms with Crippen molar-refractivity contribution in [3.8, 4) is 123 Å². The number of hydrogen-bond acceptors (Lipinski definition) is 0. The van der Waals surface area contributed by atoms with Gasteiger partial charge in [0, 0.05) is 98.5 Å². The van der Waals surface area contributed by atoms with Crippen LogP contribution in [0.1, 0.15) is 0 Å². The van der Waals surface area contributed by atoms with Crippen LogP contribution in [0.15, 0.2) is 570 Å². The minimum atomic E-state index is 1.14. The quantitative estimate of drug-likeness (QED) is 0.104. The van der Waals surface area contributed by atoms with Gasteiger partial charge in [-0.05, 0) is 234 Å². The first-order valence-electron chi connectivity index (χ1n) is 50.9. The summed E-state index contributed by atoms with van der Waals surface area (Å²) in [6.07, 6.45) is 0. The molecule has 30 rings (SSSR count). The average Bonchev–Trinajstić information content (AvgIpc) is 1.55. The number of rotatable bonds is 14. The molecule has 692 valence electrons. The van der Waals surface area contributed by atoms with E-state index in [1.807, 2.05) is 0 Å². The van der Waals surface area contributed by atoms with Crippen molar-refractivity contribution in [2.45, 2.75) is 0 Å². The topological polar surface area (TPSA) is 29.6 Å². The van der Waals surface area contributed by atoms with Crippen LogP contribution >= 0.6 is 0 Å². The standard InChI is InChI=1S/C52H34N2.C48H32N2.C42H28N2/c1-4-16-35(17-5-1)38-32-39(36-18-6-2-7-19-36)34-40(33-38)53-48-27-15-13-25-46(48)51-50(53)31-29-45-44-24-12-14-26-47(44)54(52(45)51)49-30-28-41(37-20-8-3-9-21-37)42-22-10-11-23-43(42)49;1-4-14-33(15-5-1)36-24-26-39(27-25-36)50-44-22-12-10-20-41(44)42-28-29-46-47(48(42)50)43-21-11-13-23-45(43)49(46)40-31-37(34-16-6-2-7-17-34)30-38(32-40)35-18-8-3-9-19-35;1-4-14-29(15-5-1)31-26-32(30-16-6-2-7-17-30)28-34(27-31)43-39-23-13-11-21-37(39)41-40(43)25-24-36-35-20-10-12-22-38(35)44(42(36)41)33-18-8-3-9-19-33/h1-34H;1-32H;1-28H. The summed E-state index contributed by atoms with van der Waals surface area (Å²) >= 11 is 0.